The molecule has 0 aliphatic heterocycles. The Labute approximate surface area is 167 Å². The van der Waals surface area contributed by atoms with E-state index in [4.69, 9.17) is 4.42 Å². The van der Waals surface area contributed by atoms with Crippen LogP contribution >= 0.6 is 0 Å². The molecule has 7 nitrogen and oxygen atoms in total. The van der Waals surface area contributed by atoms with Crippen molar-refractivity contribution in [2.45, 2.75) is 32.2 Å². The zero-order valence-corrected chi connectivity index (χ0v) is 17.9. The quantitative estimate of drug-likeness (QED) is 0.666. The Morgan fingerprint density at radius 1 is 1.21 bits per heavy atom. The maximum atomic E-state index is 12.7. The van der Waals surface area contributed by atoms with Crippen molar-refractivity contribution in [2.75, 3.05) is 27.2 Å². The van der Waals surface area contributed by atoms with E-state index in [2.05, 4.69) is 28.8 Å². The number of furan rings is 1. The molecule has 0 saturated carbocycles. The highest BCUT2D eigenvalue weighted by Crippen LogP contribution is 2.18. The molecule has 8 heteroatoms. The van der Waals surface area contributed by atoms with E-state index in [1.807, 2.05) is 14.1 Å². The van der Waals surface area contributed by atoms with E-state index in [9.17, 15) is 13.2 Å². The van der Waals surface area contributed by atoms with Gasteiger partial charge in [-0.1, -0.05) is 19.9 Å². The first-order valence-electron chi connectivity index (χ1n) is 9.06. The minimum Gasteiger partial charge on any atom is -0.468 e. The fourth-order valence-electron chi connectivity index (χ4n) is 3.00. The largest absolute Gasteiger partial charge is 0.468 e. The van der Waals surface area contributed by atoms with Crippen molar-refractivity contribution in [3.05, 3.63) is 53.5 Å². The molecular weight excluding hydrogens is 378 g/mol. The normalized spacial score (nSPS) is 12.4. The number of carbonyl (C=O) groups excluding carboxylic acids is 1. The Bertz CT molecular complexity index is 904. The molecule has 0 radical (unpaired) electrons. The van der Waals surface area contributed by atoms with Crippen molar-refractivity contribution in [3.63, 3.8) is 0 Å². The summed E-state index contributed by atoms with van der Waals surface area (Å²) in [7, 11) is 0.203. The van der Waals surface area contributed by atoms with Crippen LogP contribution in [0.1, 0.15) is 35.5 Å². The fraction of sp³-hybridized carbons (Fsp3) is 0.450. The number of hydrogen-bond donors (Lipinski definition) is 2. The van der Waals surface area contributed by atoms with Crippen LogP contribution in [0.25, 0.3) is 0 Å². The van der Waals surface area contributed by atoms with Gasteiger partial charge < -0.3 is 14.6 Å². The minimum absolute atomic E-state index is 0.0438. The molecule has 0 fully saturated rings. The number of sulfonamides is 1. The van der Waals surface area contributed by atoms with Crippen molar-refractivity contribution in [1.82, 2.24) is 14.9 Å². The first-order valence-corrected chi connectivity index (χ1v) is 10.5. The van der Waals surface area contributed by atoms with Gasteiger partial charge in [-0.05, 0) is 56.3 Å². The number of amides is 1. The van der Waals surface area contributed by atoms with E-state index in [1.165, 1.54) is 18.4 Å². The molecule has 1 heterocycles. The molecule has 28 heavy (non-hydrogen) atoms. The number of aryl methyl sites for hydroxylation is 1. The Morgan fingerprint density at radius 2 is 1.93 bits per heavy atom. The van der Waals surface area contributed by atoms with Crippen LogP contribution in [-0.4, -0.2) is 46.4 Å². The van der Waals surface area contributed by atoms with Gasteiger partial charge in [-0.3, -0.25) is 4.79 Å². The molecule has 0 aliphatic carbocycles. The lowest BCUT2D eigenvalue weighted by Crippen LogP contribution is -2.40. The molecule has 0 bridgehead atoms. The smallest absolute Gasteiger partial charge is 0.251 e. The van der Waals surface area contributed by atoms with Crippen LogP contribution in [0.2, 0.25) is 0 Å². The average Bonchev–Trinajstić information content (AvgIpc) is 3.11. The summed E-state index contributed by atoms with van der Waals surface area (Å²) >= 11 is 0. The standard InChI is InChI=1S/C20H29N3O4S/c1-15-8-9-17(28(25,26)22-12-16-7-6-10-27-16)11-18(15)19(24)21-13-20(2,3)14-23(4)5/h6-11,22H,12-14H2,1-5H3,(H,21,24). The second-order valence-electron chi connectivity index (χ2n) is 7.97. The first kappa shape index (κ1) is 22.1. The van der Waals surface area contributed by atoms with Crippen molar-refractivity contribution >= 4 is 15.9 Å². The topological polar surface area (TPSA) is 91.6 Å². The van der Waals surface area contributed by atoms with Gasteiger partial charge in [-0.15, -0.1) is 0 Å². The highest BCUT2D eigenvalue weighted by Gasteiger charge is 2.22. The van der Waals surface area contributed by atoms with Crippen LogP contribution in [0.3, 0.4) is 0 Å². The molecule has 2 rings (SSSR count). The van der Waals surface area contributed by atoms with Gasteiger partial charge in [0.2, 0.25) is 10.0 Å². The summed E-state index contributed by atoms with van der Waals surface area (Å²) < 4.78 is 32.7. The van der Waals surface area contributed by atoms with Gasteiger partial charge >= 0.3 is 0 Å². The van der Waals surface area contributed by atoms with Crippen LogP contribution in [0, 0.1) is 12.3 Å². The number of rotatable bonds is 9. The molecular formula is C20H29N3O4S. The van der Waals surface area contributed by atoms with Gasteiger partial charge in [0, 0.05) is 18.7 Å². The van der Waals surface area contributed by atoms with Crippen LogP contribution in [0.5, 0.6) is 0 Å². The monoisotopic (exact) mass is 407 g/mol. The van der Waals surface area contributed by atoms with Gasteiger partial charge in [-0.25, -0.2) is 13.1 Å². The van der Waals surface area contributed by atoms with Gasteiger partial charge in [0.15, 0.2) is 0 Å². The summed E-state index contributed by atoms with van der Waals surface area (Å²) in [5, 5.41) is 2.92. The second-order valence-corrected chi connectivity index (χ2v) is 9.73. The summed E-state index contributed by atoms with van der Waals surface area (Å²) in [6.07, 6.45) is 1.48. The molecule has 0 saturated heterocycles. The molecule has 0 atom stereocenters. The highest BCUT2D eigenvalue weighted by molar-refractivity contribution is 7.89. The van der Waals surface area contributed by atoms with E-state index in [0.29, 0.717) is 23.4 Å². The number of benzene rings is 1. The lowest BCUT2D eigenvalue weighted by molar-refractivity contribution is 0.0928. The van der Waals surface area contributed by atoms with Crippen LogP contribution in [0.4, 0.5) is 0 Å². The summed E-state index contributed by atoms with van der Waals surface area (Å²) in [5.41, 5.74) is 0.955. The number of nitrogens with zero attached hydrogens (tertiary/aromatic N) is 1. The van der Waals surface area contributed by atoms with Crippen LogP contribution in [-0.2, 0) is 16.6 Å². The Morgan fingerprint density at radius 3 is 2.54 bits per heavy atom. The van der Waals surface area contributed by atoms with Gasteiger partial charge in [-0.2, -0.15) is 0 Å². The van der Waals surface area contributed by atoms with Crippen molar-refractivity contribution in [3.8, 4) is 0 Å². The lowest BCUT2D eigenvalue weighted by Gasteiger charge is -2.28. The fourth-order valence-corrected chi connectivity index (χ4v) is 4.02. The molecule has 2 N–H and O–H groups in total. The molecule has 0 unspecified atom stereocenters. The molecule has 1 aromatic heterocycles. The van der Waals surface area contributed by atoms with E-state index in [1.54, 1.807) is 25.1 Å². The number of nitrogens with one attached hydrogen (secondary N) is 2. The molecule has 0 spiro atoms. The van der Waals surface area contributed by atoms with Crippen LogP contribution < -0.4 is 10.0 Å². The minimum atomic E-state index is -3.77. The zero-order chi connectivity index (χ0) is 20.9. The van der Waals surface area contributed by atoms with Crippen molar-refractivity contribution in [2.24, 2.45) is 5.41 Å². The Balaban J connectivity index is 2.12. The van der Waals surface area contributed by atoms with Crippen LogP contribution in [0.15, 0.2) is 45.9 Å². The van der Waals surface area contributed by atoms with E-state index in [0.717, 1.165) is 6.54 Å². The lowest BCUT2D eigenvalue weighted by atomic mass is 9.92. The zero-order valence-electron chi connectivity index (χ0n) is 17.1. The van der Waals surface area contributed by atoms with Gasteiger partial charge in [0.25, 0.3) is 5.91 Å². The summed E-state index contributed by atoms with van der Waals surface area (Å²) in [6.45, 7) is 7.27. The maximum Gasteiger partial charge on any atom is 0.251 e. The molecule has 0 aliphatic rings. The SMILES string of the molecule is Cc1ccc(S(=O)(=O)NCc2ccco2)cc1C(=O)NCC(C)(C)CN(C)C. The molecule has 1 aromatic carbocycles. The van der Waals surface area contributed by atoms with Gasteiger partial charge in [0.05, 0.1) is 17.7 Å². The van der Waals surface area contributed by atoms with E-state index >= 15 is 0 Å². The number of carbonyl (C=O) groups is 1. The third kappa shape index (κ3) is 6.19. The summed E-state index contributed by atoms with van der Waals surface area (Å²) in [5.74, 6) is 0.226. The maximum absolute atomic E-state index is 12.7. The third-order valence-corrected chi connectivity index (χ3v) is 5.65. The van der Waals surface area contributed by atoms with Crippen molar-refractivity contribution < 1.29 is 17.6 Å². The second kappa shape index (κ2) is 8.89. The van der Waals surface area contributed by atoms with Crippen molar-refractivity contribution in [1.29, 1.82) is 0 Å². The molecule has 154 valence electrons. The summed E-state index contributed by atoms with van der Waals surface area (Å²) in [6, 6.07) is 7.92. The van der Waals surface area contributed by atoms with Gasteiger partial charge in [0.1, 0.15) is 5.76 Å². The van der Waals surface area contributed by atoms with E-state index in [-0.39, 0.29) is 22.8 Å². The molecule has 2 aromatic rings. The molecule has 1 amide bonds. The Hall–Kier alpha value is -2.16. The summed E-state index contributed by atoms with van der Waals surface area (Å²) in [4.78, 5) is 14.8. The average molecular weight is 408 g/mol. The number of hydrogen-bond acceptors (Lipinski definition) is 5. The predicted molar refractivity (Wildman–Crippen MR) is 109 cm³/mol. The third-order valence-electron chi connectivity index (χ3n) is 4.25. The van der Waals surface area contributed by atoms with E-state index < -0.39 is 10.0 Å². The predicted octanol–water partition coefficient (Wildman–Crippen LogP) is 2.38. The highest BCUT2D eigenvalue weighted by atomic mass is 32.2. The first-order chi connectivity index (χ1) is 13.0. The Kier molecular flexibility index (Phi) is 7.03.